The number of rotatable bonds is 3. The highest BCUT2D eigenvalue weighted by Gasteiger charge is 2.28. The van der Waals surface area contributed by atoms with Crippen LogP contribution < -0.4 is 4.74 Å². The van der Waals surface area contributed by atoms with Crippen molar-refractivity contribution in [3.8, 4) is 5.75 Å². The van der Waals surface area contributed by atoms with Gasteiger partial charge in [-0.2, -0.15) is 0 Å². The van der Waals surface area contributed by atoms with Gasteiger partial charge in [0, 0.05) is 12.8 Å². The Kier molecular flexibility index (Phi) is 3.31. The van der Waals surface area contributed by atoms with Crippen LogP contribution >= 0.6 is 0 Å². The van der Waals surface area contributed by atoms with Crippen molar-refractivity contribution < 1.29 is 9.53 Å². The molecule has 1 atom stereocenters. The quantitative estimate of drug-likeness (QED) is 0.851. The summed E-state index contributed by atoms with van der Waals surface area (Å²) in [5.41, 5.74) is 4.60. The molecule has 2 nitrogen and oxygen atoms in total. The first kappa shape index (κ1) is 12.9. The second-order valence-electron chi connectivity index (χ2n) is 5.56. The van der Waals surface area contributed by atoms with E-state index in [0.717, 1.165) is 16.9 Å². The van der Waals surface area contributed by atoms with Crippen molar-refractivity contribution in [2.24, 2.45) is 0 Å². The number of ketones is 1. The molecular formula is C18H18O2. The fraction of sp³-hybridized carbons (Fsp3) is 0.278. The predicted molar refractivity (Wildman–Crippen MR) is 79.2 cm³/mol. The van der Waals surface area contributed by atoms with E-state index in [9.17, 15) is 4.79 Å². The summed E-state index contributed by atoms with van der Waals surface area (Å²) in [6, 6.07) is 14.2. The highest BCUT2D eigenvalue weighted by atomic mass is 16.5. The van der Waals surface area contributed by atoms with Crippen molar-refractivity contribution >= 4 is 5.78 Å². The summed E-state index contributed by atoms with van der Waals surface area (Å²) in [5, 5.41) is 0. The summed E-state index contributed by atoms with van der Waals surface area (Å²) in [5.74, 6) is 1.01. The Balaban J connectivity index is 1.72. The van der Waals surface area contributed by atoms with Gasteiger partial charge in [-0.1, -0.05) is 47.5 Å². The molecule has 0 saturated carbocycles. The Bertz CT molecular complexity index is 613. The Morgan fingerprint density at radius 3 is 2.55 bits per heavy atom. The molecule has 0 saturated heterocycles. The Morgan fingerprint density at radius 1 is 1.15 bits per heavy atom. The lowest BCUT2D eigenvalue weighted by Crippen LogP contribution is -2.26. The van der Waals surface area contributed by atoms with Gasteiger partial charge in [-0.15, -0.1) is 0 Å². The Hall–Kier alpha value is -2.09. The molecule has 2 heteroatoms. The van der Waals surface area contributed by atoms with Crippen molar-refractivity contribution in [3.63, 3.8) is 0 Å². The number of carbonyl (C=O) groups excluding carboxylic acids is 1. The summed E-state index contributed by atoms with van der Waals surface area (Å²) in [7, 11) is 0. The number of benzene rings is 2. The van der Waals surface area contributed by atoms with Gasteiger partial charge in [0.15, 0.2) is 11.9 Å². The van der Waals surface area contributed by atoms with E-state index in [1.54, 1.807) is 0 Å². The lowest BCUT2D eigenvalue weighted by molar-refractivity contribution is -0.124. The number of ether oxygens (including phenoxy) is 1. The molecule has 0 bridgehead atoms. The number of aryl methyl sites for hydroxylation is 2. The van der Waals surface area contributed by atoms with Crippen LogP contribution in [0, 0.1) is 13.8 Å². The van der Waals surface area contributed by atoms with E-state index in [0.29, 0.717) is 12.8 Å². The molecule has 0 amide bonds. The number of hydrogen-bond donors (Lipinski definition) is 0. The molecule has 1 heterocycles. The van der Waals surface area contributed by atoms with E-state index in [-0.39, 0.29) is 11.9 Å². The monoisotopic (exact) mass is 266 g/mol. The van der Waals surface area contributed by atoms with Crippen molar-refractivity contribution in [2.45, 2.75) is 32.8 Å². The number of fused-ring (bicyclic) bond motifs is 1. The first-order chi connectivity index (χ1) is 9.61. The predicted octanol–water partition coefficient (Wildman–Crippen LogP) is 3.42. The number of Topliss-reactive ketones (excluding diaryl/α,β-unsaturated/α-hetero) is 1. The number of hydrogen-bond acceptors (Lipinski definition) is 2. The van der Waals surface area contributed by atoms with Gasteiger partial charge in [-0.25, -0.2) is 0 Å². The van der Waals surface area contributed by atoms with Crippen LogP contribution in [0.15, 0.2) is 42.5 Å². The summed E-state index contributed by atoms with van der Waals surface area (Å²) in [6.45, 7) is 4.12. The zero-order chi connectivity index (χ0) is 14.1. The third-order valence-corrected chi connectivity index (χ3v) is 3.67. The summed E-state index contributed by atoms with van der Waals surface area (Å²) in [6.07, 6.45) is 0.814. The minimum atomic E-state index is -0.326. The highest BCUT2D eigenvalue weighted by Crippen LogP contribution is 2.29. The molecule has 20 heavy (non-hydrogen) atoms. The maximum atomic E-state index is 12.4. The van der Waals surface area contributed by atoms with E-state index in [1.807, 2.05) is 24.3 Å². The van der Waals surface area contributed by atoms with Gasteiger partial charge < -0.3 is 4.74 Å². The molecule has 0 radical (unpaired) electrons. The minimum Gasteiger partial charge on any atom is -0.482 e. The van der Waals surface area contributed by atoms with Crippen molar-refractivity contribution in [1.29, 1.82) is 0 Å². The van der Waals surface area contributed by atoms with E-state index in [2.05, 4.69) is 32.0 Å². The van der Waals surface area contributed by atoms with Gasteiger partial charge in [0.25, 0.3) is 0 Å². The zero-order valence-corrected chi connectivity index (χ0v) is 11.8. The van der Waals surface area contributed by atoms with Gasteiger partial charge in [0.1, 0.15) is 5.75 Å². The molecule has 0 aromatic heterocycles. The first-order valence-electron chi connectivity index (χ1n) is 6.96. The van der Waals surface area contributed by atoms with Gasteiger partial charge in [0.05, 0.1) is 0 Å². The van der Waals surface area contributed by atoms with Crippen molar-refractivity contribution in [1.82, 2.24) is 0 Å². The summed E-state index contributed by atoms with van der Waals surface area (Å²) in [4.78, 5) is 12.4. The molecule has 1 unspecified atom stereocenters. The third-order valence-electron chi connectivity index (χ3n) is 3.67. The standard InChI is InChI=1S/C18H18O2/c1-12-7-13(2)9-14(8-12)10-16(19)18-11-15-5-3-4-6-17(15)20-18/h3-9,18H,10-11H2,1-2H3. The Labute approximate surface area is 119 Å². The van der Waals surface area contributed by atoms with E-state index < -0.39 is 0 Å². The van der Waals surface area contributed by atoms with Crippen LogP contribution in [0.1, 0.15) is 22.3 Å². The van der Waals surface area contributed by atoms with Gasteiger partial charge in [0.2, 0.25) is 0 Å². The topological polar surface area (TPSA) is 26.3 Å². The lowest BCUT2D eigenvalue weighted by Gasteiger charge is -2.10. The molecule has 1 aliphatic heterocycles. The van der Waals surface area contributed by atoms with Crippen LogP contribution in [0.3, 0.4) is 0 Å². The Morgan fingerprint density at radius 2 is 1.85 bits per heavy atom. The third kappa shape index (κ3) is 2.60. The number of para-hydroxylation sites is 1. The van der Waals surface area contributed by atoms with Crippen LogP contribution in [-0.2, 0) is 17.6 Å². The molecule has 3 rings (SSSR count). The smallest absolute Gasteiger partial charge is 0.177 e. The van der Waals surface area contributed by atoms with Gasteiger partial charge in [-0.3, -0.25) is 4.79 Å². The number of carbonyl (C=O) groups is 1. The minimum absolute atomic E-state index is 0.159. The van der Waals surface area contributed by atoms with E-state index in [1.165, 1.54) is 11.1 Å². The average Bonchev–Trinajstić information content (AvgIpc) is 2.81. The molecule has 0 spiro atoms. The molecule has 2 aromatic carbocycles. The second-order valence-corrected chi connectivity index (χ2v) is 5.56. The molecule has 0 aliphatic carbocycles. The van der Waals surface area contributed by atoms with Crippen molar-refractivity contribution in [2.75, 3.05) is 0 Å². The summed E-state index contributed by atoms with van der Waals surface area (Å²) < 4.78 is 5.75. The maximum Gasteiger partial charge on any atom is 0.177 e. The van der Waals surface area contributed by atoms with Crippen LogP contribution in [0.25, 0.3) is 0 Å². The lowest BCUT2D eigenvalue weighted by atomic mass is 9.99. The van der Waals surface area contributed by atoms with Crippen LogP contribution in [0.5, 0.6) is 5.75 Å². The maximum absolute atomic E-state index is 12.4. The van der Waals surface area contributed by atoms with Crippen molar-refractivity contribution in [3.05, 3.63) is 64.7 Å². The molecule has 1 aliphatic rings. The second kappa shape index (κ2) is 5.12. The summed E-state index contributed by atoms with van der Waals surface area (Å²) >= 11 is 0. The normalized spacial score (nSPS) is 16.6. The molecule has 2 aromatic rings. The molecule has 102 valence electrons. The van der Waals surface area contributed by atoms with Gasteiger partial charge in [-0.05, 0) is 31.0 Å². The van der Waals surface area contributed by atoms with Crippen LogP contribution in [0.4, 0.5) is 0 Å². The van der Waals surface area contributed by atoms with Crippen LogP contribution in [0.2, 0.25) is 0 Å². The largest absolute Gasteiger partial charge is 0.482 e. The molecular weight excluding hydrogens is 248 g/mol. The first-order valence-corrected chi connectivity index (χ1v) is 6.96. The zero-order valence-electron chi connectivity index (χ0n) is 11.8. The molecule has 0 fully saturated rings. The van der Waals surface area contributed by atoms with Gasteiger partial charge >= 0.3 is 0 Å². The van der Waals surface area contributed by atoms with Crippen LogP contribution in [-0.4, -0.2) is 11.9 Å². The fourth-order valence-corrected chi connectivity index (χ4v) is 2.85. The fourth-order valence-electron chi connectivity index (χ4n) is 2.85. The SMILES string of the molecule is Cc1cc(C)cc(CC(=O)C2Cc3ccccc3O2)c1. The highest BCUT2D eigenvalue weighted by molar-refractivity contribution is 5.86. The molecule has 0 N–H and O–H groups in total. The van der Waals surface area contributed by atoms with E-state index in [4.69, 9.17) is 4.74 Å². The van der Waals surface area contributed by atoms with E-state index >= 15 is 0 Å². The average molecular weight is 266 g/mol.